The molecule has 25 heavy (non-hydrogen) atoms. The Morgan fingerprint density at radius 3 is 2.16 bits per heavy atom. The molecule has 0 amide bonds. The number of esters is 1. The molecule has 0 aliphatic heterocycles. The number of methoxy groups -OCH3 is 1. The second-order valence-corrected chi connectivity index (χ2v) is 8.54. The lowest BCUT2D eigenvalue weighted by Crippen LogP contribution is -2.38. The minimum Gasteiger partial charge on any atom is -0.469 e. The molecule has 6 heteroatoms. The number of aryl methyl sites for hydroxylation is 3. The Kier molecular flexibility index (Phi) is 7.38. The monoisotopic (exact) mass is 367 g/mol. The third-order valence-electron chi connectivity index (χ3n) is 4.00. The van der Waals surface area contributed by atoms with Gasteiger partial charge in [-0.3, -0.25) is 4.79 Å². The molecule has 0 saturated carbocycles. The van der Waals surface area contributed by atoms with Gasteiger partial charge in [0.25, 0.3) is 0 Å². The summed E-state index contributed by atoms with van der Waals surface area (Å²) < 4.78 is 33.3. The van der Waals surface area contributed by atoms with Crippen LogP contribution < -0.4 is 4.72 Å². The van der Waals surface area contributed by atoms with Gasteiger partial charge in [-0.15, -0.1) is 0 Å². The first-order valence-corrected chi connectivity index (χ1v) is 9.80. The van der Waals surface area contributed by atoms with Crippen molar-refractivity contribution < 1.29 is 17.9 Å². The number of benzene rings is 1. The van der Waals surface area contributed by atoms with Crippen LogP contribution in [0.25, 0.3) is 0 Å². The first-order valence-electron chi connectivity index (χ1n) is 8.32. The maximum Gasteiger partial charge on any atom is 0.309 e. The van der Waals surface area contributed by atoms with Crippen molar-refractivity contribution >= 4 is 16.0 Å². The van der Waals surface area contributed by atoms with Crippen LogP contribution >= 0.6 is 0 Å². The fourth-order valence-electron chi connectivity index (χ4n) is 2.86. The van der Waals surface area contributed by atoms with Gasteiger partial charge in [0.1, 0.15) is 0 Å². The summed E-state index contributed by atoms with van der Waals surface area (Å²) in [5.41, 5.74) is 3.25. The van der Waals surface area contributed by atoms with E-state index < -0.39 is 16.1 Å². The summed E-state index contributed by atoms with van der Waals surface area (Å²) in [5.74, 6) is -0.308. The van der Waals surface area contributed by atoms with E-state index in [0.717, 1.165) is 22.3 Å². The van der Waals surface area contributed by atoms with Crippen molar-refractivity contribution in [2.75, 3.05) is 7.11 Å². The summed E-state index contributed by atoms with van der Waals surface area (Å²) in [6, 6.07) is 3.32. The molecule has 1 aromatic carbocycles. The van der Waals surface area contributed by atoms with Crippen LogP contribution in [0.3, 0.4) is 0 Å². The number of carbonyl (C=O) groups excluding carboxylic acids is 1. The van der Waals surface area contributed by atoms with Crippen molar-refractivity contribution in [3.63, 3.8) is 0 Å². The van der Waals surface area contributed by atoms with E-state index in [2.05, 4.69) is 9.46 Å². The predicted molar refractivity (Wildman–Crippen MR) is 100.0 cm³/mol. The highest BCUT2D eigenvalue weighted by atomic mass is 32.2. The Balaban J connectivity index is 3.17. The van der Waals surface area contributed by atoms with Crippen LogP contribution in [-0.2, 0) is 19.6 Å². The number of hydrogen-bond acceptors (Lipinski definition) is 4. The van der Waals surface area contributed by atoms with E-state index in [4.69, 9.17) is 0 Å². The molecule has 5 nitrogen and oxygen atoms in total. The molecule has 1 rings (SSSR count). The lowest BCUT2D eigenvalue weighted by molar-refractivity contribution is -0.139. The minimum absolute atomic E-state index is 0.0356. The van der Waals surface area contributed by atoms with E-state index in [1.807, 2.05) is 32.9 Å². The molecule has 1 unspecified atom stereocenters. The van der Waals surface area contributed by atoms with Crippen molar-refractivity contribution in [3.05, 3.63) is 40.5 Å². The van der Waals surface area contributed by atoms with E-state index in [0.29, 0.717) is 4.90 Å². The van der Waals surface area contributed by atoms with Crippen molar-refractivity contribution in [2.45, 2.75) is 58.9 Å². The number of hydrogen-bond donors (Lipinski definition) is 1. The van der Waals surface area contributed by atoms with Crippen molar-refractivity contribution in [1.82, 2.24) is 4.72 Å². The largest absolute Gasteiger partial charge is 0.469 e. The maximum absolute atomic E-state index is 12.9. The molecule has 0 heterocycles. The molecule has 1 N–H and O–H groups in total. The molecule has 140 valence electrons. The highest BCUT2D eigenvalue weighted by molar-refractivity contribution is 7.89. The average Bonchev–Trinajstić information content (AvgIpc) is 2.44. The third kappa shape index (κ3) is 5.97. The zero-order chi connectivity index (χ0) is 19.4. The Morgan fingerprint density at radius 1 is 1.20 bits per heavy atom. The van der Waals surface area contributed by atoms with Crippen LogP contribution in [0, 0.1) is 26.7 Å². The maximum atomic E-state index is 12.9. The number of ether oxygens (including phenoxy) is 1. The van der Waals surface area contributed by atoms with Gasteiger partial charge in [-0.05, 0) is 44.7 Å². The lowest BCUT2D eigenvalue weighted by atomic mass is 10.0. The summed E-state index contributed by atoms with van der Waals surface area (Å²) >= 11 is 0. The average molecular weight is 368 g/mol. The highest BCUT2D eigenvalue weighted by Gasteiger charge is 2.24. The summed E-state index contributed by atoms with van der Waals surface area (Å²) in [5, 5.41) is 0. The van der Waals surface area contributed by atoms with Gasteiger partial charge in [0, 0.05) is 6.04 Å². The molecule has 0 fully saturated rings. The Morgan fingerprint density at radius 2 is 1.72 bits per heavy atom. The second kappa shape index (κ2) is 8.63. The normalized spacial score (nSPS) is 13.8. The van der Waals surface area contributed by atoms with E-state index in [1.54, 1.807) is 26.8 Å². The number of rotatable bonds is 7. The van der Waals surface area contributed by atoms with Gasteiger partial charge in [0.05, 0.1) is 18.4 Å². The van der Waals surface area contributed by atoms with Crippen LogP contribution in [0.15, 0.2) is 28.7 Å². The van der Waals surface area contributed by atoms with E-state index in [9.17, 15) is 13.2 Å². The van der Waals surface area contributed by atoms with E-state index >= 15 is 0 Å². The van der Waals surface area contributed by atoms with Gasteiger partial charge in [-0.25, -0.2) is 13.1 Å². The van der Waals surface area contributed by atoms with Gasteiger partial charge in [0.2, 0.25) is 10.0 Å². The van der Waals surface area contributed by atoms with Gasteiger partial charge in [-0.1, -0.05) is 43.2 Å². The molecular formula is C19H29NO4S. The lowest BCUT2D eigenvalue weighted by Gasteiger charge is -2.22. The Bertz CT molecular complexity index is 741. The van der Waals surface area contributed by atoms with Crippen LogP contribution in [0.5, 0.6) is 0 Å². The summed E-state index contributed by atoms with van der Waals surface area (Å²) in [4.78, 5) is 11.7. The highest BCUT2D eigenvalue weighted by Crippen LogP contribution is 2.23. The minimum atomic E-state index is -3.67. The molecular weight excluding hydrogens is 338 g/mol. The predicted octanol–water partition coefficient (Wildman–Crippen LogP) is 3.42. The zero-order valence-electron chi connectivity index (χ0n) is 16.1. The quantitative estimate of drug-likeness (QED) is 0.592. The number of sulfonamides is 1. The van der Waals surface area contributed by atoms with Crippen LogP contribution in [0.1, 0.15) is 43.9 Å². The smallest absolute Gasteiger partial charge is 0.309 e. The molecule has 0 saturated heterocycles. The molecule has 1 aromatic rings. The standard InChI is InChI=1S/C19H29NO4S/c1-12(2)17(10-14(4)11-18(21)24-7)20-25(22,23)19-15(5)8-13(3)9-16(19)6/h8-10,12,17,20H,11H2,1-7H3/b14-10-. The first kappa shape index (κ1) is 21.4. The van der Waals surface area contributed by atoms with Crippen LogP contribution in [0.4, 0.5) is 0 Å². The van der Waals surface area contributed by atoms with Gasteiger partial charge in [-0.2, -0.15) is 0 Å². The van der Waals surface area contributed by atoms with E-state index in [-0.39, 0.29) is 18.3 Å². The molecule has 0 aromatic heterocycles. The first-order chi connectivity index (χ1) is 11.5. The number of carbonyl (C=O) groups is 1. The molecule has 0 aliphatic rings. The van der Waals surface area contributed by atoms with Gasteiger partial charge in [0.15, 0.2) is 0 Å². The second-order valence-electron chi connectivity index (χ2n) is 6.88. The zero-order valence-corrected chi connectivity index (χ0v) is 17.0. The SMILES string of the molecule is COC(=O)C/C(C)=C\C(NS(=O)(=O)c1c(C)cc(C)cc1C)C(C)C. The third-order valence-corrected chi connectivity index (χ3v) is 5.76. The fraction of sp³-hybridized carbons (Fsp3) is 0.526. The van der Waals surface area contributed by atoms with Crippen molar-refractivity contribution in [2.24, 2.45) is 5.92 Å². The summed E-state index contributed by atoms with van der Waals surface area (Å²) in [6.07, 6.45) is 1.93. The van der Waals surface area contributed by atoms with Gasteiger partial charge >= 0.3 is 5.97 Å². The fourth-order valence-corrected chi connectivity index (χ4v) is 4.64. The van der Waals surface area contributed by atoms with Gasteiger partial charge < -0.3 is 4.74 Å². The molecule has 0 spiro atoms. The molecule has 0 bridgehead atoms. The molecule has 0 aliphatic carbocycles. The number of nitrogens with one attached hydrogen (secondary N) is 1. The molecule has 1 atom stereocenters. The van der Waals surface area contributed by atoms with Crippen molar-refractivity contribution in [1.29, 1.82) is 0 Å². The van der Waals surface area contributed by atoms with Crippen LogP contribution in [-0.4, -0.2) is 27.5 Å². The van der Waals surface area contributed by atoms with Crippen LogP contribution in [0.2, 0.25) is 0 Å². The summed E-state index contributed by atoms with van der Waals surface area (Å²) in [7, 11) is -2.34. The van der Waals surface area contributed by atoms with E-state index in [1.165, 1.54) is 7.11 Å². The molecule has 0 radical (unpaired) electrons. The Hall–Kier alpha value is -1.66. The topological polar surface area (TPSA) is 72.5 Å². The summed E-state index contributed by atoms with van der Waals surface area (Å²) in [6.45, 7) is 11.2. The van der Waals surface area contributed by atoms with Crippen molar-refractivity contribution in [3.8, 4) is 0 Å². The Labute approximate surface area is 151 Å².